The molecule has 0 bridgehead atoms. The van der Waals surface area contributed by atoms with E-state index in [0.29, 0.717) is 6.54 Å². The predicted molar refractivity (Wildman–Crippen MR) is 70.6 cm³/mol. The first-order valence-corrected chi connectivity index (χ1v) is 6.98. The summed E-state index contributed by atoms with van der Waals surface area (Å²) in [7, 11) is 0. The number of hydrogen-bond acceptors (Lipinski definition) is 2. The molecule has 1 heterocycles. The lowest BCUT2D eigenvalue weighted by atomic mass is 10.0. The van der Waals surface area contributed by atoms with Gasteiger partial charge in [0.15, 0.2) is 0 Å². The summed E-state index contributed by atoms with van der Waals surface area (Å²) in [5.41, 5.74) is 6.66. The minimum Gasteiger partial charge on any atom is -0.329 e. The molecule has 18 heavy (non-hydrogen) atoms. The Labute approximate surface area is 108 Å². The van der Waals surface area contributed by atoms with E-state index in [0.717, 1.165) is 30.5 Å². The lowest BCUT2D eigenvalue weighted by molar-refractivity contribution is 0.227. The summed E-state index contributed by atoms with van der Waals surface area (Å²) in [5.74, 6) is 1.53. The summed E-state index contributed by atoms with van der Waals surface area (Å²) in [6.45, 7) is 2.70. The van der Waals surface area contributed by atoms with E-state index in [1.54, 1.807) is 6.07 Å². The number of fused-ring (bicyclic) bond motifs is 1. The van der Waals surface area contributed by atoms with Crippen LogP contribution in [0, 0.1) is 17.7 Å². The maximum absolute atomic E-state index is 13.9. The Morgan fingerprint density at radius 1 is 1.22 bits per heavy atom. The average molecular weight is 248 g/mol. The molecule has 3 rings (SSSR count). The molecule has 2 N–H and O–H groups in total. The van der Waals surface area contributed by atoms with E-state index in [1.807, 2.05) is 12.1 Å². The van der Waals surface area contributed by atoms with Crippen molar-refractivity contribution in [1.82, 2.24) is 4.90 Å². The van der Waals surface area contributed by atoms with Gasteiger partial charge in [0.1, 0.15) is 5.82 Å². The minimum atomic E-state index is -0.120. The first kappa shape index (κ1) is 12.1. The smallest absolute Gasteiger partial charge is 0.128 e. The summed E-state index contributed by atoms with van der Waals surface area (Å²) in [6, 6.07) is 7.11. The van der Waals surface area contributed by atoms with Gasteiger partial charge in [-0.3, -0.25) is 4.90 Å². The van der Waals surface area contributed by atoms with Gasteiger partial charge in [-0.1, -0.05) is 24.6 Å². The van der Waals surface area contributed by atoms with Crippen molar-refractivity contribution in [3.8, 4) is 0 Å². The molecule has 1 aromatic carbocycles. The van der Waals surface area contributed by atoms with Crippen molar-refractivity contribution >= 4 is 0 Å². The van der Waals surface area contributed by atoms with Crippen molar-refractivity contribution < 1.29 is 4.39 Å². The number of nitrogens with zero attached hydrogens (tertiary/aromatic N) is 1. The number of rotatable bonds is 3. The quantitative estimate of drug-likeness (QED) is 0.890. The van der Waals surface area contributed by atoms with Gasteiger partial charge in [0.05, 0.1) is 0 Å². The summed E-state index contributed by atoms with van der Waals surface area (Å²) < 4.78 is 13.9. The summed E-state index contributed by atoms with van der Waals surface area (Å²) in [4.78, 5) is 2.40. The Morgan fingerprint density at radius 2 is 1.89 bits per heavy atom. The Hall–Kier alpha value is -0.930. The molecule has 1 aliphatic heterocycles. The van der Waals surface area contributed by atoms with E-state index in [-0.39, 0.29) is 11.9 Å². The van der Waals surface area contributed by atoms with E-state index in [2.05, 4.69) is 4.90 Å². The normalized spacial score (nSPS) is 29.4. The first-order chi connectivity index (χ1) is 8.79. The Kier molecular flexibility index (Phi) is 3.35. The van der Waals surface area contributed by atoms with Gasteiger partial charge in [0.25, 0.3) is 0 Å². The zero-order valence-corrected chi connectivity index (χ0v) is 10.7. The molecular formula is C15H21FN2. The van der Waals surface area contributed by atoms with Gasteiger partial charge in [-0.2, -0.15) is 0 Å². The van der Waals surface area contributed by atoms with Crippen LogP contribution in [0.5, 0.6) is 0 Å². The highest BCUT2D eigenvalue weighted by molar-refractivity contribution is 5.22. The van der Waals surface area contributed by atoms with Gasteiger partial charge in [0.2, 0.25) is 0 Å². The number of hydrogen-bond donors (Lipinski definition) is 1. The van der Waals surface area contributed by atoms with Crippen LogP contribution in [0.3, 0.4) is 0 Å². The van der Waals surface area contributed by atoms with Crippen LogP contribution in [0.15, 0.2) is 24.3 Å². The third-order valence-corrected chi connectivity index (χ3v) is 4.68. The SMILES string of the molecule is NCC(c1ccccc1F)N1CC2CCCC2C1. The average Bonchev–Trinajstić information content (AvgIpc) is 2.93. The minimum absolute atomic E-state index is 0.0526. The van der Waals surface area contributed by atoms with Crippen molar-refractivity contribution in [2.75, 3.05) is 19.6 Å². The monoisotopic (exact) mass is 248 g/mol. The van der Waals surface area contributed by atoms with Crippen LogP contribution in [-0.4, -0.2) is 24.5 Å². The molecular weight excluding hydrogens is 227 g/mol. The maximum Gasteiger partial charge on any atom is 0.128 e. The summed E-state index contributed by atoms with van der Waals surface area (Å²) in [5, 5.41) is 0. The fourth-order valence-electron chi connectivity index (χ4n) is 3.74. The highest BCUT2D eigenvalue weighted by atomic mass is 19.1. The van der Waals surface area contributed by atoms with Crippen LogP contribution in [0.2, 0.25) is 0 Å². The molecule has 3 atom stereocenters. The third-order valence-electron chi connectivity index (χ3n) is 4.68. The summed E-state index contributed by atoms with van der Waals surface area (Å²) >= 11 is 0. The molecule has 1 aromatic rings. The van der Waals surface area contributed by atoms with E-state index >= 15 is 0 Å². The lowest BCUT2D eigenvalue weighted by Crippen LogP contribution is -2.33. The number of nitrogens with two attached hydrogens (primary N) is 1. The van der Waals surface area contributed by atoms with Gasteiger partial charge in [-0.15, -0.1) is 0 Å². The van der Waals surface area contributed by atoms with Gasteiger partial charge < -0.3 is 5.73 Å². The molecule has 1 saturated heterocycles. The zero-order valence-electron chi connectivity index (χ0n) is 10.7. The van der Waals surface area contributed by atoms with Gasteiger partial charge >= 0.3 is 0 Å². The molecule has 1 saturated carbocycles. The Morgan fingerprint density at radius 3 is 2.50 bits per heavy atom. The Bertz CT molecular complexity index is 409. The molecule has 0 radical (unpaired) electrons. The molecule has 2 fully saturated rings. The highest BCUT2D eigenvalue weighted by Crippen LogP contribution is 2.40. The highest BCUT2D eigenvalue weighted by Gasteiger charge is 2.39. The second-order valence-corrected chi connectivity index (χ2v) is 5.68. The number of benzene rings is 1. The lowest BCUT2D eigenvalue weighted by Gasteiger charge is -2.28. The zero-order chi connectivity index (χ0) is 12.5. The second-order valence-electron chi connectivity index (χ2n) is 5.68. The van der Waals surface area contributed by atoms with Crippen LogP contribution in [0.1, 0.15) is 30.9 Å². The van der Waals surface area contributed by atoms with Crippen LogP contribution in [-0.2, 0) is 0 Å². The van der Waals surface area contributed by atoms with Gasteiger partial charge in [-0.25, -0.2) is 4.39 Å². The van der Waals surface area contributed by atoms with Crippen molar-refractivity contribution in [1.29, 1.82) is 0 Å². The second kappa shape index (κ2) is 4.98. The van der Waals surface area contributed by atoms with Gasteiger partial charge in [-0.05, 0) is 30.7 Å². The summed E-state index contributed by atoms with van der Waals surface area (Å²) in [6.07, 6.45) is 4.06. The topological polar surface area (TPSA) is 29.3 Å². The molecule has 2 aliphatic rings. The first-order valence-electron chi connectivity index (χ1n) is 6.98. The molecule has 3 unspecified atom stereocenters. The van der Waals surface area contributed by atoms with Crippen LogP contribution < -0.4 is 5.73 Å². The molecule has 0 amide bonds. The van der Waals surface area contributed by atoms with Crippen LogP contribution in [0.25, 0.3) is 0 Å². The van der Waals surface area contributed by atoms with Crippen LogP contribution in [0.4, 0.5) is 4.39 Å². The standard InChI is InChI=1S/C15H21FN2/c16-14-7-2-1-6-13(14)15(8-17)18-9-11-4-3-5-12(11)10-18/h1-2,6-7,11-12,15H,3-5,8-10,17H2. The molecule has 3 heteroatoms. The molecule has 0 spiro atoms. The van der Waals surface area contributed by atoms with E-state index in [1.165, 1.54) is 25.3 Å². The maximum atomic E-state index is 13.9. The number of likely N-dealkylation sites (tertiary alicyclic amines) is 1. The van der Waals surface area contributed by atoms with Crippen molar-refractivity contribution in [3.05, 3.63) is 35.6 Å². The molecule has 1 aliphatic carbocycles. The van der Waals surface area contributed by atoms with Crippen LogP contribution >= 0.6 is 0 Å². The fraction of sp³-hybridized carbons (Fsp3) is 0.600. The van der Waals surface area contributed by atoms with E-state index in [9.17, 15) is 4.39 Å². The van der Waals surface area contributed by atoms with Crippen molar-refractivity contribution in [3.63, 3.8) is 0 Å². The molecule has 98 valence electrons. The predicted octanol–water partition coefficient (Wildman–Crippen LogP) is 2.56. The Balaban J connectivity index is 1.79. The van der Waals surface area contributed by atoms with E-state index in [4.69, 9.17) is 5.73 Å². The number of halogens is 1. The van der Waals surface area contributed by atoms with Gasteiger partial charge in [0, 0.05) is 31.2 Å². The molecule has 0 aromatic heterocycles. The molecule has 2 nitrogen and oxygen atoms in total. The largest absolute Gasteiger partial charge is 0.329 e. The van der Waals surface area contributed by atoms with E-state index < -0.39 is 0 Å². The van der Waals surface area contributed by atoms with Crippen molar-refractivity contribution in [2.24, 2.45) is 17.6 Å². The van der Waals surface area contributed by atoms with Crippen molar-refractivity contribution in [2.45, 2.75) is 25.3 Å². The fourth-order valence-corrected chi connectivity index (χ4v) is 3.74. The third kappa shape index (κ3) is 2.06.